The number of nitrogens with one attached hydrogen (secondary N) is 1. The van der Waals surface area contributed by atoms with Crippen molar-refractivity contribution in [1.29, 1.82) is 0 Å². The van der Waals surface area contributed by atoms with Crippen molar-refractivity contribution in [1.82, 2.24) is 15.1 Å². The zero-order valence-electron chi connectivity index (χ0n) is 20.2. The molecule has 0 spiro atoms. The number of amides is 4. The van der Waals surface area contributed by atoms with E-state index in [0.717, 1.165) is 4.90 Å². The molecule has 1 atom stereocenters. The summed E-state index contributed by atoms with van der Waals surface area (Å²) in [4.78, 5) is 50.3. The van der Waals surface area contributed by atoms with Gasteiger partial charge in [-0.05, 0) is 27.2 Å². The molecule has 0 aromatic heterocycles. The first kappa shape index (κ1) is 16.0. The van der Waals surface area contributed by atoms with Crippen LogP contribution in [0.5, 0.6) is 0 Å². The van der Waals surface area contributed by atoms with Crippen LogP contribution in [-0.2, 0) is 9.59 Å². The van der Waals surface area contributed by atoms with Gasteiger partial charge in [0.25, 0.3) is 11.8 Å². The van der Waals surface area contributed by atoms with Gasteiger partial charge in [-0.3, -0.25) is 34.3 Å². The molecular formula is C20H20F3N3O4. The molecule has 3 aliphatic heterocycles. The second kappa shape index (κ2) is 6.63. The zero-order chi connectivity index (χ0) is 25.7. The number of carbonyl (C=O) groups excluding carboxylic acids is 4. The lowest BCUT2D eigenvalue weighted by atomic mass is 9.85. The van der Waals surface area contributed by atoms with Gasteiger partial charge < -0.3 is 0 Å². The van der Waals surface area contributed by atoms with Crippen molar-refractivity contribution < 1.29 is 37.8 Å². The third-order valence-electron chi connectivity index (χ3n) is 5.22. The lowest BCUT2D eigenvalue weighted by Gasteiger charge is -2.48. The van der Waals surface area contributed by atoms with Gasteiger partial charge in [0.05, 0.1) is 11.1 Å². The normalized spacial score (nSPS) is 28.3. The first-order valence-corrected chi connectivity index (χ1v) is 9.18. The number of imide groups is 2. The summed E-state index contributed by atoms with van der Waals surface area (Å²) in [6.45, 7) is -0.920. The topological polar surface area (TPSA) is 86.8 Å². The first-order valence-electron chi connectivity index (χ1n) is 11.2. The molecule has 3 heterocycles. The van der Waals surface area contributed by atoms with Gasteiger partial charge in [0.1, 0.15) is 11.9 Å². The highest BCUT2D eigenvalue weighted by atomic mass is 19.2. The summed E-state index contributed by atoms with van der Waals surface area (Å²) >= 11 is 0. The van der Waals surface area contributed by atoms with Crippen molar-refractivity contribution in [3.8, 4) is 0 Å². The van der Waals surface area contributed by atoms with E-state index in [4.69, 9.17) is 5.48 Å². The van der Waals surface area contributed by atoms with E-state index >= 15 is 13.2 Å². The average Bonchev–Trinajstić information content (AvgIpc) is 2.92. The van der Waals surface area contributed by atoms with Gasteiger partial charge in [-0.1, -0.05) is 0 Å². The van der Waals surface area contributed by atoms with Crippen molar-refractivity contribution in [2.75, 3.05) is 13.0 Å². The molecule has 1 aromatic carbocycles. The molecule has 160 valence electrons. The van der Waals surface area contributed by atoms with E-state index in [1.807, 2.05) is 5.32 Å². The lowest BCUT2D eigenvalue weighted by molar-refractivity contribution is -0.136. The van der Waals surface area contributed by atoms with Crippen LogP contribution in [-0.4, -0.2) is 58.0 Å². The summed E-state index contributed by atoms with van der Waals surface area (Å²) in [6.07, 6.45) is -0.553. The molecule has 4 rings (SSSR count). The van der Waals surface area contributed by atoms with Crippen LogP contribution >= 0.6 is 0 Å². The molecule has 0 radical (unpaired) electrons. The van der Waals surface area contributed by atoms with Gasteiger partial charge in [-0.2, -0.15) is 0 Å². The van der Waals surface area contributed by atoms with Crippen LogP contribution in [0.1, 0.15) is 71.3 Å². The van der Waals surface area contributed by atoms with E-state index in [1.165, 1.54) is 20.8 Å². The van der Waals surface area contributed by atoms with E-state index in [0.29, 0.717) is 0 Å². The Morgan fingerprint density at radius 1 is 0.967 bits per heavy atom. The fourth-order valence-electron chi connectivity index (χ4n) is 3.65. The number of rotatable bonds is 2. The van der Waals surface area contributed by atoms with Crippen LogP contribution in [0.2, 0.25) is 0 Å². The molecule has 7 nitrogen and oxygen atoms in total. The van der Waals surface area contributed by atoms with Crippen molar-refractivity contribution in [3.05, 3.63) is 34.1 Å². The van der Waals surface area contributed by atoms with Crippen LogP contribution in [0, 0.1) is 17.5 Å². The van der Waals surface area contributed by atoms with E-state index in [2.05, 4.69) is 0 Å². The van der Waals surface area contributed by atoms with Crippen molar-refractivity contribution >= 4 is 23.6 Å². The summed E-state index contributed by atoms with van der Waals surface area (Å²) in [6, 6.07) is -1.56. The van der Waals surface area contributed by atoms with Gasteiger partial charge in [-0.15, -0.1) is 0 Å². The Bertz CT molecular complexity index is 1170. The molecule has 0 aliphatic carbocycles. The minimum Gasteiger partial charge on any atom is -0.297 e. The third kappa shape index (κ3) is 2.84. The molecule has 0 saturated carbocycles. The third-order valence-corrected chi connectivity index (χ3v) is 5.22. The van der Waals surface area contributed by atoms with Crippen LogP contribution in [0.25, 0.3) is 0 Å². The summed E-state index contributed by atoms with van der Waals surface area (Å²) < 4.78 is 78.9. The summed E-state index contributed by atoms with van der Waals surface area (Å²) in [5.41, 5.74) is -4.93. The number of likely N-dealkylation sites (tertiary alicyclic amines) is 1. The largest absolute Gasteiger partial charge is 0.297 e. The minimum absolute atomic E-state index is 0.243. The SMILES string of the molecule is [2H]C1([2H])C(c2c(F)c(F)c3c(c2F)C(=O)N([C@H]2CCC(=O)NC2=O)C3=O)C([2H])([2H])N1C(C)(C)C. The van der Waals surface area contributed by atoms with Crippen molar-refractivity contribution in [3.63, 3.8) is 0 Å². The number of hydrogen-bond donors (Lipinski definition) is 1. The number of piperidine rings is 1. The number of hydrogen-bond acceptors (Lipinski definition) is 5. The van der Waals surface area contributed by atoms with E-state index in [1.54, 1.807) is 0 Å². The second-order valence-corrected chi connectivity index (χ2v) is 8.25. The number of halogens is 3. The molecule has 10 heteroatoms. The molecule has 0 bridgehead atoms. The molecule has 3 aliphatic rings. The highest BCUT2D eigenvalue weighted by Crippen LogP contribution is 2.40. The van der Waals surface area contributed by atoms with Gasteiger partial charge in [0.2, 0.25) is 11.8 Å². The molecule has 2 saturated heterocycles. The number of fused-ring (bicyclic) bond motifs is 1. The maximum Gasteiger partial charge on any atom is 0.265 e. The highest BCUT2D eigenvalue weighted by molar-refractivity contribution is 6.23. The van der Waals surface area contributed by atoms with Gasteiger partial charge in [-0.25, -0.2) is 13.2 Å². The first-order chi connectivity index (χ1) is 15.5. The fraction of sp³-hybridized carbons (Fsp3) is 0.500. The Hall–Kier alpha value is -2.75. The van der Waals surface area contributed by atoms with E-state index < -0.39 is 88.3 Å². The molecule has 2 fully saturated rings. The predicted molar refractivity (Wildman–Crippen MR) is 97.1 cm³/mol. The Kier molecular flexibility index (Phi) is 3.54. The monoisotopic (exact) mass is 427 g/mol. The van der Waals surface area contributed by atoms with Crippen LogP contribution in [0.15, 0.2) is 0 Å². The molecule has 4 amide bonds. The molecule has 1 aromatic rings. The number of carbonyl (C=O) groups is 4. The van der Waals surface area contributed by atoms with Gasteiger partial charge >= 0.3 is 0 Å². The Morgan fingerprint density at radius 2 is 1.53 bits per heavy atom. The maximum absolute atomic E-state index is 15.6. The van der Waals surface area contributed by atoms with Crippen LogP contribution in [0.3, 0.4) is 0 Å². The molecule has 0 unspecified atom stereocenters. The lowest BCUT2D eigenvalue weighted by Crippen LogP contribution is -2.55. The van der Waals surface area contributed by atoms with E-state index in [9.17, 15) is 19.2 Å². The summed E-state index contributed by atoms with van der Waals surface area (Å²) in [5.74, 6) is -12.5. The van der Waals surface area contributed by atoms with Crippen molar-refractivity contribution in [2.24, 2.45) is 0 Å². The molecule has 30 heavy (non-hydrogen) atoms. The molecular weight excluding hydrogens is 403 g/mol. The second-order valence-electron chi connectivity index (χ2n) is 8.25. The van der Waals surface area contributed by atoms with Crippen LogP contribution < -0.4 is 5.32 Å². The standard InChI is InChI=1S/C20H20F3N3O4/c1-20(2,3)25-6-8(7-25)11-14(21)12-13(16(23)15(11)22)19(30)26(18(12)29)9-4-5-10(27)24-17(9)28/h8-9H,4-7H2,1-3H3,(H,24,27,28)/t9-/m0/s1/i6D2,7D2. The number of nitrogens with zero attached hydrogens (tertiary/aromatic N) is 2. The Morgan fingerprint density at radius 3 is 2.07 bits per heavy atom. The molecule has 1 N–H and O–H groups in total. The Balaban J connectivity index is 1.86. The number of benzene rings is 1. The highest BCUT2D eigenvalue weighted by Gasteiger charge is 2.50. The quantitative estimate of drug-likeness (QED) is 0.574. The average molecular weight is 427 g/mol. The van der Waals surface area contributed by atoms with E-state index in [-0.39, 0.29) is 17.7 Å². The van der Waals surface area contributed by atoms with Crippen molar-refractivity contribution in [2.45, 2.75) is 51.1 Å². The predicted octanol–water partition coefficient (Wildman–Crippen LogP) is 1.70. The summed E-state index contributed by atoms with van der Waals surface area (Å²) in [7, 11) is 0. The Labute approximate surface area is 175 Å². The summed E-state index contributed by atoms with van der Waals surface area (Å²) in [5, 5.41) is 1.91. The smallest absolute Gasteiger partial charge is 0.265 e. The van der Waals surface area contributed by atoms with Crippen LogP contribution in [0.4, 0.5) is 13.2 Å². The fourth-order valence-corrected chi connectivity index (χ4v) is 3.65. The van der Waals surface area contributed by atoms with Gasteiger partial charge in [0, 0.05) is 41.9 Å². The maximum atomic E-state index is 15.6. The van der Waals surface area contributed by atoms with Gasteiger partial charge in [0.15, 0.2) is 11.6 Å². The zero-order valence-corrected chi connectivity index (χ0v) is 16.2. The minimum atomic E-state index is -2.68.